The SMILES string of the molecule is CCOC(=O)c1ccc(N2C(=O)[C@@H](CC(=O)Nc3ccc(OCC)cc3)N(CCc3ccc(Cl)cc3Cl)C2=S)cc1. The van der Waals surface area contributed by atoms with E-state index in [1.165, 1.54) is 4.90 Å². The van der Waals surface area contributed by atoms with Crippen molar-refractivity contribution >= 4 is 69.7 Å². The Morgan fingerprint density at radius 1 is 0.976 bits per heavy atom. The van der Waals surface area contributed by atoms with Gasteiger partial charge in [-0.25, -0.2) is 4.79 Å². The predicted octanol–water partition coefficient (Wildman–Crippen LogP) is 6.14. The number of hydrogen-bond acceptors (Lipinski definition) is 6. The van der Waals surface area contributed by atoms with Crippen molar-refractivity contribution in [2.45, 2.75) is 32.7 Å². The summed E-state index contributed by atoms with van der Waals surface area (Å²) >= 11 is 18.2. The smallest absolute Gasteiger partial charge is 0.338 e. The Morgan fingerprint density at radius 2 is 1.68 bits per heavy atom. The molecule has 1 N–H and O–H groups in total. The topological polar surface area (TPSA) is 88.2 Å². The number of thiocarbonyl (C=S) groups is 1. The normalized spacial score (nSPS) is 14.8. The third-order valence-corrected chi connectivity index (χ3v) is 7.42. The largest absolute Gasteiger partial charge is 0.494 e. The maximum atomic E-state index is 13.7. The van der Waals surface area contributed by atoms with Crippen LogP contribution in [0.2, 0.25) is 10.0 Å². The Bertz CT molecular complexity index is 1430. The molecule has 0 aromatic heterocycles. The van der Waals surface area contributed by atoms with Gasteiger partial charge >= 0.3 is 5.97 Å². The highest BCUT2D eigenvalue weighted by molar-refractivity contribution is 7.80. The molecule has 0 saturated carbocycles. The molecule has 8 nitrogen and oxygen atoms in total. The minimum atomic E-state index is -0.846. The van der Waals surface area contributed by atoms with E-state index >= 15 is 0 Å². The maximum absolute atomic E-state index is 13.7. The second-order valence-electron chi connectivity index (χ2n) is 9.13. The molecule has 2 amide bonds. The van der Waals surface area contributed by atoms with Crippen LogP contribution in [0.3, 0.4) is 0 Å². The molecule has 1 saturated heterocycles. The lowest BCUT2D eigenvalue weighted by Crippen LogP contribution is -2.39. The van der Waals surface area contributed by atoms with Crippen molar-refractivity contribution in [3.8, 4) is 5.75 Å². The van der Waals surface area contributed by atoms with Crippen LogP contribution in [0.15, 0.2) is 66.7 Å². The summed E-state index contributed by atoms with van der Waals surface area (Å²) in [7, 11) is 0. The summed E-state index contributed by atoms with van der Waals surface area (Å²) in [6.45, 7) is 4.75. The lowest BCUT2D eigenvalue weighted by molar-refractivity contribution is -0.124. The fourth-order valence-corrected chi connectivity index (χ4v) is 5.36. The van der Waals surface area contributed by atoms with Gasteiger partial charge in [0.1, 0.15) is 11.8 Å². The summed E-state index contributed by atoms with van der Waals surface area (Å²) in [6, 6.07) is 17.8. The fourth-order valence-electron chi connectivity index (χ4n) is 4.44. The van der Waals surface area contributed by atoms with Crippen molar-refractivity contribution in [3.63, 3.8) is 0 Å². The first-order valence-electron chi connectivity index (χ1n) is 13.1. The van der Waals surface area contributed by atoms with Gasteiger partial charge in [-0.2, -0.15) is 0 Å². The summed E-state index contributed by atoms with van der Waals surface area (Å²) in [5.74, 6) is -0.453. The number of anilines is 2. The minimum absolute atomic E-state index is 0.127. The molecule has 0 aliphatic carbocycles. The summed E-state index contributed by atoms with van der Waals surface area (Å²) in [5, 5.41) is 4.13. The molecule has 1 aliphatic rings. The highest BCUT2D eigenvalue weighted by atomic mass is 35.5. The van der Waals surface area contributed by atoms with Crippen molar-refractivity contribution in [2.75, 3.05) is 30.0 Å². The number of ether oxygens (including phenoxy) is 2. The number of halogens is 2. The van der Waals surface area contributed by atoms with E-state index in [4.69, 9.17) is 44.9 Å². The number of rotatable bonds is 11. The molecule has 3 aromatic rings. The molecule has 11 heteroatoms. The van der Waals surface area contributed by atoms with E-state index in [9.17, 15) is 14.4 Å². The van der Waals surface area contributed by atoms with Gasteiger partial charge in [-0.3, -0.25) is 14.5 Å². The Labute approximate surface area is 254 Å². The summed E-state index contributed by atoms with van der Waals surface area (Å²) in [6.07, 6.45) is 0.341. The Balaban J connectivity index is 1.55. The minimum Gasteiger partial charge on any atom is -0.494 e. The first-order chi connectivity index (χ1) is 19.7. The van der Waals surface area contributed by atoms with Gasteiger partial charge in [0.2, 0.25) is 5.91 Å². The van der Waals surface area contributed by atoms with Crippen LogP contribution in [-0.4, -0.2) is 53.6 Å². The van der Waals surface area contributed by atoms with E-state index in [0.717, 1.165) is 5.56 Å². The summed E-state index contributed by atoms with van der Waals surface area (Å²) in [5.41, 5.74) is 2.25. The lowest BCUT2D eigenvalue weighted by Gasteiger charge is -2.24. The van der Waals surface area contributed by atoms with Gasteiger partial charge in [0.25, 0.3) is 5.91 Å². The van der Waals surface area contributed by atoms with Crippen molar-refractivity contribution in [1.29, 1.82) is 0 Å². The number of hydrogen-bond donors (Lipinski definition) is 1. The first-order valence-corrected chi connectivity index (χ1v) is 14.3. The molecular weight excluding hydrogens is 585 g/mol. The second-order valence-corrected chi connectivity index (χ2v) is 10.3. The van der Waals surface area contributed by atoms with E-state index in [0.29, 0.717) is 52.3 Å². The van der Waals surface area contributed by atoms with E-state index < -0.39 is 12.0 Å². The van der Waals surface area contributed by atoms with Crippen LogP contribution in [-0.2, 0) is 20.7 Å². The molecule has 3 aromatic carbocycles. The van der Waals surface area contributed by atoms with E-state index in [1.807, 2.05) is 13.0 Å². The van der Waals surface area contributed by atoms with E-state index in [-0.39, 0.29) is 30.0 Å². The molecule has 214 valence electrons. The zero-order chi connectivity index (χ0) is 29.5. The van der Waals surface area contributed by atoms with Crippen LogP contribution in [0, 0.1) is 0 Å². The Morgan fingerprint density at radius 3 is 2.32 bits per heavy atom. The van der Waals surface area contributed by atoms with Crippen LogP contribution >= 0.6 is 35.4 Å². The van der Waals surface area contributed by atoms with Crippen LogP contribution in [0.1, 0.15) is 36.2 Å². The van der Waals surface area contributed by atoms with Gasteiger partial charge in [0.05, 0.1) is 30.9 Å². The monoisotopic (exact) mass is 613 g/mol. The Hall–Kier alpha value is -3.66. The number of nitrogens with one attached hydrogen (secondary N) is 1. The summed E-state index contributed by atoms with van der Waals surface area (Å²) in [4.78, 5) is 42.1. The van der Waals surface area contributed by atoms with Gasteiger partial charge in [0, 0.05) is 22.3 Å². The summed E-state index contributed by atoms with van der Waals surface area (Å²) < 4.78 is 10.5. The number of esters is 1. The first kappa shape index (κ1) is 30.3. The average Bonchev–Trinajstić information content (AvgIpc) is 3.17. The highest BCUT2D eigenvalue weighted by Gasteiger charge is 2.44. The second kappa shape index (κ2) is 13.8. The van der Waals surface area contributed by atoms with Gasteiger partial charge in [0.15, 0.2) is 5.11 Å². The lowest BCUT2D eigenvalue weighted by atomic mass is 10.1. The molecule has 1 atom stereocenters. The van der Waals surface area contributed by atoms with Crippen LogP contribution in [0.4, 0.5) is 11.4 Å². The quantitative estimate of drug-likeness (QED) is 0.205. The fraction of sp³-hybridized carbons (Fsp3) is 0.267. The maximum Gasteiger partial charge on any atom is 0.338 e. The molecule has 1 fully saturated rings. The van der Waals surface area contributed by atoms with Crippen molar-refractivity contribution < 1.29 is 23.9 Å². The predicted molar refractivity (Wildman–Crippen MR) is 164 cm³/mol. The van der Waals surface area contributed by atoms with E-state index in [2.05, 4.69) is 5.32 Å². The number of carbonyl (C=O) groups excluding carboxylic acids is 3. The number of nitrogens with zero attached hydrogens (tertiary/aromatic N) is 2. The van der Waals surface area contributed by atoms with Crippen molar-refractivity contribution in [2.24, 2.45) is 0 Å². The molecular formula is C30H29Cl2N3O5S. The standard InChI is InChI=1S/C30H29Cl2N3O5S/c1-3-39-24-13-9-22(10-14-24)33-27(36)18-26-28(37)35(23-11-6-20(7-12-23)29(38)40-4-2)30(41)34(26)16-15-19-5-8-21(31)17-25(19)32/h5-14,17,26H,3-4,15-16,18H2,1-2H3,(H,33,36)/t26-/m1/s1. The molecule has 0 radical (unpaired) electrons. The zero-order valence-electron chi connectivity index (χ0n) is 22.6. The molecule has 1 aliphatic heterocycles. The molecule has 0 spiro atoms. The van der Waals surface area contributed by atoms with Crippen molar-refractivity contribution in [3.05, 3.63) is 87.9 Å². The average molecular weight is 615 g/mol. The molecule has 0 unspecified atom stereocenters. The van der Waals surface area contributed by atoms with Crippen molar-refractivity contribution in [1.82, 2.24) is 4.90 Å². The molecule has 1 heterocycles. The number of carbonyl (C=O) groups is 3. The van der Waals surface area contributed by atoms with Gasteiger partial charge in [-0.15, -0.1) is 0 Å². The number of benzene rings is 3. The number of amides is 2. The van der Waals surface area contributed by atoms with Crippen LogP contribution < -0.4 is 15.0 Å². The third kappa shape index (κ3) is 7.35. The molecule has 41 heavy (non-hydrogen) atoms. The molecule has 4 rings (SSSR count). The van der Waals surface area contributed by atoms with Crippen LogP contribution in [0.25, 0.3) is 0 Å². The highest BCUT2D eigenvalue weighted by Crippen LogP contribution is 2.29. The van der Waals surface area contributed by atoms with Gasteiger partial charge < -0.3 is 19.7 Å². The third-order valence-electron chi connectivity index (χ3n) is 6.42. The van der Waals surface area contributed by atoms with Gasteiger partial charge in [-0.1, -0.05) is 29.3 Å². The molecule has 0 bridgehead atoms. The Kier molecular flexibility index (Phi) is 10.2. The zero-order valence-corrected chi connectivity index (χ0v) is 24.9. The van der Waals surface area contributed by atoms with Crippen LogP contribution in [0.5, 0.6) is 5.75 Å². The van der Waals surface area contributed by atoms with Gasteiger partial charge in [-0.05, 0) is 98.7 Å². The van der Waals surface area contributed by atoms with E-state index in [1.54, 1.807) is 72.5 Å².